The second kappa shape index (κ2) is 6.18. The molecular weight excluding hydrogens is 234 g/mol. The Bertz CT molecular complexity index is 312. The van der Waals surface area contributed by atoms with Gasteiger partial charge in [-0.25, -0.2) is 4.79 Å². The number of ether oxygens (including phenoxy) is 1. The summed E-state index contributed by atoms with van der Waals surface area (Å²) < 4.78 is 5.56. The molecule has 5 heteroatoms. The van der Waals surface area contributed by atoms with Gasteiger partial charge in [-0.3, -0.25) is 4.79 Å². The molecule has 0 bridgehead atoms. The number of likely N-dealkylation sites (tertiary alicyclic amines) is 1. The Morgan fingerprint density at radius 2 is 1.78 bits per heavy atom. The Kier molecular flexibility index (Phi) is 4.58. The molecule has 0 spiro atoms. The standard InChI is InChI=1S/C13H21NO4/c15-12(9-18-10-5-1-2-6-10)14-8-4-3-7-11(14)13(16)17/h10-11H,1-9H2,(H,16,17)/t11-/m1/s1. The van der Waals surface area contributed by atoms with E-state index in [4.69, 9.17) is 9.84 Å². The molecule has 1 saturated carbocycles. The maximum Gasteiger partial charge on any atom is 0.326 e. The van der Waals surface area contributed by atoms with Gasteiger partial charge in [0.05, 0.1) is 6.10 Å². The van der Waals surface area contributed by atoms with E-state index in [1.165, 1.54) is 17.7 Å². The van der Waals surface area contributed by atoms with Crippen LogP contribution in [0.5, 0.6) is 0 Å². The van der Waals surface area contributed by atoms with Gasteiger partial charge in [0.15, 0.2) is 0 Å². The summed E-state index contributed by atoms with van der Waals surface area (Å²) in [6.45, 7) is 0.582. The monoisotopic (exact) mass is 255 g/mol. The molecule has 1 amide bonds. The molecule has 1 aliphatic heterocycles. The minimum Gasteiger partial charge on any atom is -0.480 e. The van der Waals surface area contributed by atoms with E-state index in [9.17, 15) is 9.59 Å². The number of carboxylic acids is 1. The number of amides is 1. The Labute approximate surface area is 107 Å². The van der Waals surface area contributed by atoms with Gasteiger partial charge in [0.25, 0.3) is 0 Å². The largest absolute Gasteiger partial charge is 0.480 e. The maximum absolute atomic E-state index is 12.0. The fourth-order valence-corrected chi connectivity index (χ4v) is 2.81. The summed E-state index contributed by atoms with van der Waals surface area (Å²) in [6, 6.07) is -0.654. The summed E-state index contributed by atoms with van der Waals surface area (Å²) >= 11 is 0. The van der Waals surface area contributed by atoms with E-state index >= 15 is 0 Å². The van der Waals surface area contributed by atoms with Gasteiger partial charge in [-0.1, -0.05) is 12.8 Å². The highest BCUT2D eigenvalue weighted by Gasteiger charge is 2.32. The topological polar surface area (TPSA) is 66.8 Å². The van der Waals surface area contributed by atoms with Crippen molar-refractivity contribution in [3.8, 4) is 0 Å². The molecule has 1 saturated heterocycles. The van der Waals surface area contributed by atoms with Crippen LogP contribution in [0.2, 0.25) is 0 Å². The van der Waals surface area contributed by atoms with Gasteiger partial charge in [0, 0.05) is 6.54 Å². The zero-order valence-electron chi connectivity index (χ0n) is 10.6. The quantitative estimate of drug-likeness (QED) is 0.824. The summed E-state index contributed by atoms with van der Waals surface area (Å²) in [5.74, 6) is -1.07. The summed E-state index contributed by atoms with van der Waals surface area (Å²) in [5, 5.41) is 9.10. The van der Waals surface area contributed by atoms with Gasteiger partial charge in [-0.15, -0.1) is 0 Å². The first kappa shape index (κ1) is 13.3. The van der Waals surface area contributed by atoms with Crippen LogP contribution in [0.3, 0.4) is 0 Å². The molecule has 2 rings (SSSR count). The lowest BCUT2D eigenvalue weighted by Gasteiger charge is -2.33. The molecule has 2 aliphatic rings. The van der Waals surface area contributed by atoms with Crippen molar-refractivity contribution in [1.29, 1.82) is 0 Å². The molecule has 2 fully saturated rings. The summed E-state index contributed by atoms with van der Waals surface area (Å²) in [7, 11) is 0. The Morgan fingerprint density at radius 1 is 1.11 bits per heavy atom. The van der Waals surface area contributed by atoms with E-state index in [0.717, 1.165) is 25.7 Å². The number of aliphatic carboxylic acids is 1. The Balaban J connectivity index is 1.83. The van der Waals surface area contributed by atoms with Crippen LogP contribution in [0.15, 0.2) is 0 Å². The first-order valence-corrected chi connectivity index (χ1v) is 6.82. The maximum atomic E-state index is 12.0. The molecule has 0 unspecified atom stereocenters. The molecule has 0 aromatic heterocycles. The third-order valence-corrected chi connectivity index (χ3v) is 3.85. The molecule has 1 heterocycles. The normalized spacial score (nSPS) is 25.3. The number of piperidine rings is 1. The van der Waals surface area contributed by atoms with Crippen molar-refractivity contribution in [2.75, 3.05) is 13.2 Å². The van der Waals surface area contributed by atoms with Crippen LogP contribution < -0.4 is 0 Å². The zero-order valence-corrected chi connectivity index (χ0v) is 10.6. The van der Waals surface area contributed by atoms with Crippen molar-refractivity contribution < 1.29 is 19.4 Å². The van der Waals surface area contributed by atoms with Crippen molar-refractivity contribution in [2.24, 2.45) is 0 Å². The first-order valence-electron chi connectivity index (χ1n) is 6.82. The van der Waals surface area contributed by atoms with Gasteiger partial charge in [0.1, 0.15) is 12.6 Å². The Morgan fingerprint density at radius 3 is 2.44 bits per heavy atom. The predicted octanol–water partition coefficient (Wildman–Crippen LogP) is 1.41. The third kappa shape index (κ3) is 3.22. The molecule has 1 N–H and O–H groups in total. The van der Waals surface area contributed by atoms with Crippen LogP contribution in [0.4, 0.5) is 0 Å². The van der Waals surface area contributed by atoms with E-state index in [1.54, 1.807) is 0 Å². The summed E-state index contributed by atoms with van der Waals surface area (Å²) in [5.41, 5.74) is 0. The zero-order chi connectivity index (χ0) is 13.0. The highest BCUT2D eigenvalue weighted by Crippen LogP contribution is 2.22. The molecule has 1 aliphatic carbocycles. The molecule has 0 aromatic rings. The van der Waals surface area contributed by atoms with Crippen molar-refractivity contribution in [3.63, 3.8) is 0 Å². The SMILES string of the molecule is O=C(O)[C@H]1CCCCN1C(=O)COC1CCCC1. The minimum absolute atomic E-state index is 0.0362. The van der Waals surface area contributed by atoms with Gasteiger partial charge >= 0.3 is 5.97 Å². The Hall–Kier alpha value is -1.10. The second-order valence-electron chi connectivity index (χ2n) is 5.15. The lowest BCUT2D eigenvalue weighted by molar-refractivity contribution is -0.154. The second-order valence-corrected chi connectivity index (χ2v) is 5.15. The number of carbonyl (C=O) groups is 2. The lowest BCUT2D eigenvalue weighted by Crippen LogP contribution is -2.49. The number of carboxylic acid groups (broad SMARTS) is 1. The fraction of sp³-hybridized carbons (Fsp3) is 0.846. The lowest BCUT2D eigenvalue weighted by atomic mass is 10.0. The predicted molar refractivity (Wildman–Crippen MR) is 65.2 cm³/mol. The van der Waals surface area contributed by atoms with Crippen molar-refractivity contribution in [2.45, 2.75) is 57.1 Å². The van der Waals surface area contributed by atoms with E-state index < -0.39 is 12.0 Å². The van der Waals surface area contributed by atoms with Gasteiger partial charge in [-0.2, -0.15) is 0 Å². The van der Waals surface area contributed by atoms with Crippen LogP contribution >= 0.6 is 0 Å². The number of hydrogen-bond donors (Lipinski definition) is 1. The van der Waals surface area contributed by atoms with Crippen LogP contribution in [-0.4, -0.2) is 47.2 Å². The van der Waals surface area contributed by atoms with Gasteiger partial charge < -0.3 is 14.7 Å². The number of carbonyl (C=O) groups excluding carboxylic acids is 1. The molecule has 1 atom stereocenters. The van der Waals surface area contributed by atoms with E-state index in [-0.39, 0.29) is 18.6 Å². The van der Waals surface area contributed by atoms with Crippen molar-refractivity contribution in [3.05, 3.63) is 0 Å². The third-order valence-electron chi connectivity index (χ3n) is 3.85. The highest BCUT2D eigenvalue weighted by atomic mass is 16.5. The minimum atomic E-state index is -0.899. The van der Waals surface area contributed by atoms with Gasteiger partial charge in [-0.05, 0) is 32.1 Å². The molecule has 0 aromatic carbocycles. The van der Waals surface area contributed by atoms with Crippen molar-refractivity contribution in [1.82, 2.24) is 4.90 Å². The van der Waals surface area contributed by atoms with Crippen LogP contribution in [-0.2, 0) is 14.3 Å². The van der Waals surface area contributed by atoms with Gasteiger partial charge in [0.2, 0.25) is 5.91 Å². The number of hydrogen-bond acceptors (Lipinski definition) is 3. The van der Waals surface area contributed by atoms with Crippen LogP contribution in [0, 0.1) is 0 Å². The molecule has 102 valence electrons. The number of nitrogens with zero attached hydrogens (tertiary/aromatic N) is 1. The van der Waals surface area contributed by atoms with E-state index in [2.05, 4.69) is 0 Å². The van der Waals surface area contributed by atoms with E-state index in [1.807, 2.05) is 0 Å². The fourth-order valence-electron chi connectivity index (χ4n) is 2.81. The number of rotatable bonds is 4. The van der Waals surface area contributed by atoms with Crippen molar-refractivity contribution >= 4 is 11.9 Å². The van der Waals surface area contributed by atoms with E-state index in [0.29, 0.717) is 13.0 Å². The smallest absolute Gasteiger partial charge is 0.326 e. The highest BCUT2D eigenvalue weighted by molar-refractivity contribution is 5.84. The molecule has 0 radical (unpaired) electrons. The average molecular weight is 255 g/mol. The summed E-state index contributed by atoms with van der Waals surface area (Å²) in [4.78, 5) is 24.6. The molecule has 18 heavy (non-hydrogen) atoms. The van der Waals surface area contributed by atoms with Crippen LogP contribution in [0.25, 0.3) is 0 Å². The molecular formula is C13H21NO4. The first-order chi connectivity index (χ1) is 8.68. The average Bonchev–Trinajstić information content (AvgIpc) is 2.89. The molecule has 5 nitrogen and oxygen atoms in total. The summed E-state index contributed by atoms with van der Waals surface area (Å²) in [6.07, 6.45) is 6.90. The van der Waals surface area contributed by atoms with Crippen LogP contribution in [0.1, 0.15) is 44.9 Å².